The zero-order chi connectivity index (χ0) is 34.2. The fourth-order valence-electron chi connectivity index (χ4n) is 7.84. The highest BCUT2D eigenvalue weighted by Crippen LogP contribution is 2.44. The minimum Gasteiger partial charge on any atom is -0.456 e. The Kier molecular flexibility index (Phi) is 6.31. The van der Waals surface area contributed by atoms with Crippen molar-refractivity contribution >= 4 is 71.0 Å². The minimum absolute atomic E-state index is 0.613. The van der Waals surface area contributed by atoms with Gasteiger partial charge in [0.1, 0.15) is 22.3 Å². The highest BCUT2D eigenvalue weighted by atomic mass is 16.3. The molecular formula is C47H29N3O2. The molecule has 0 atom stereocenters. The summed E-state index contributed by atoms with van der Waals surface area (Å²) in [5.74, 6) is 1.92. The van der Waals surface area contributed by atoms with Crippen LogP contribution in [0.4, 0.5) is 0 Å². The molecule has 0 saturated heterocycles. The van der Waals surface area contributed by atoms with Gasteiger partial charge in [-0.1, -0.05) is 121 Å². The van der Waals surface area contributed by atoms with Crippen LogP contribution in [0.5, 0.6) is 0 Å². The van der Waals surface area contributed by atoms with Crippen LogP contribution < -0.4 is 0 Å². The van der Waals surface area contributed by atoms with Gasteiger partial charge in [-0.15, -0.1) is 0 Å². The molecule has 7 aromatic carbocycles. The summed E-state index contributed by atoms with van der Waals surface area (Å²) in [6, 6.07) is 46.3. The van der Waals surface area contributed by atoms with Gasteiger partial charge < -0.3 is 8.83 Å². The summed E-state index contributed by atoms with van der Waals surface area (Å²) in [5.41, 5.74) is 8.24. The van der Waals surface area contributed by atoms with E-state index >= 15 is 0 Å². The molecular weight excluding hydrogens is 639 g/mol. The summed E-state index contributed by atoms with van der Waals surface area (Å²) in [7, 11) is 0. The first-order chi connectivity index (χ1) is 25.7. The Balaban J connectivity index is 1.14. The second-order valence-electron chi connectivity index (χ2n) is 13.4. The minimum atomic E-state index is 0.613. The molecule has 5 heteroatoms. The van der Waals surface area contributed by atoms with Crippen LogP contribution in [-0.4, -0.2) is 15.0 Å². The zero-order valence-corrected chi connectivity index (χ0v) is 28.0. The van der Waals surface area contributed by atoms with Crippen molar-refractivity contribution in [3.63, 3.8) is 0 Å². The third-order valence-corrected chi connectivity index (χ3v) is 10.3. The predicted octanol–water partition coefficient (Wildman–Crippen LogP) is 12.7. The highest BCUT2D eigenvalue weighted by Gasteiger charge is 2.22. The Morgan fingerprint density at radius 3 is 1.94 bits per heavy atom. The Hall–Kier alpha value is -6.85. The molecule has 0 fully saturated rings. The summed E-state index contributed by atoms with van der Waals surface area (Å²) in [6.07, 6.45) is 8.49. The number of furan rings is 2. The first-order valence-electron chi connectivity index (χ1n) is 17.7. The molecule has 1 aliphatic rings. The lowest BCUT2D eigenvalue weighted by molar-refractivity contribution is 0.669. The van der Waals surface area contributed by atoms with Crippen LogP contribution in [0.1, 0.15) is 18.7 Å². The van der Waals surface area contributed by atoms with E-state index in [1.807, 2.05) is 18.2 Å². The molecule has 5 nitrogen and oxygen atoms in total. The summed E-state index contributed by atoms with van der Waals surface area (Å²) in [5, 5.41) is 8.80. The average Bonchev–Trinajstić information content (AvgIpc) is 3.78. The highest BCUT2D eigenvalue weighted by molar-refractivity contribution is 6.20. The number of aromatic nitrogens is 3. The predicted molar refractivity (Wildman–Crippen MR) is 212 cm³/mol. The molecule has 0 saturated carbocycles. The Labute approximate surface area is 298 Å². The standard InChI is InChI=1S/C47H29N3O2/c1-2-12-29(13-3-1)45-48-46(33-24-23-28-11-4-5-14-30(28)25-33)50-47(49-45)37-20-10-22-40-43(37)36-19-8-18-35(44(36)52-40)34-17-9-21-39-42(34)38-26-31-15-6-7-16-32(31)27-41(38)51-39/h2,4-27H,1,3H2. The van der Waals surface area contributed by atoms with Crippen molar-refractivity contribution < 1.29 is 8.83 Å². The largest absolute Gasteiger partial charge is 0.456 e. The van der Waals surface area contributed by atoms with Gasteiger partial charge in [-0.3, -0.25) is 0 Å². The average molecular weight is 668 g/mol. The van der Waals surface area contributed by atoms with E-state index in [4.69, 9.17) is 23.8 Å². The van der Waals surface area contributed by atoms with Gasteiger partial charge in [0, 0.05) is 43.8 Å². The normalized spacial score (nSPS) is 13.3. The van der Waals surface area contributed by atoms with Crippen LogP contribution >= 0.6 is 0 Å². The number of nitrogens with zero attached hydrogens (tertiary/aromatic N) is 3. The molecule has 52 heavy (non-hydrogen) atoms. The van der Waals surface area contributed by atoms with Gasteiger partial charge in [-0.05, 0) is 70.3 Å². The monoisotopic (exact) mass is 667 g/mol. The lowest BCUT2D eigenvalue weighted by Crippen LogP contribution is -2.03. The lowest BCUT2D eigenvalue weighted by Gasteiger charge is -2.11. The van der Waals surface area contributed by atoms with Gasteiger partial charge in [0.25, 0.3) is 0 Å². The second kappa shape index (κ2) is 11.3. The fraction of sp³-hybridized carbons (Fsp3) is 0.0426. The molecule has 244 valence electrons. The van der Waals surface area contributed by atoms with Gasteiger partial charge in [0.15, 0.2) is 17.5 Å². The molecule has 11 rings (SSSR count). The van der Waals surface area contributed by atoms with Crippen molar-refractivity contribution in [2.24, 2.45) is 0 Å². The Morgan fingerprint density at radius 2 is 1.12 bits per heavy atom. The lowest BCUT2D eigenvalue weighted by atomic mass is 9.96. The SMILES string of the molecule is C1=CC(c2nc(-c3ccc4ccccc4c3)nc(-c3cccc4oc5c(-c6cccc7oc8cc9ccccc9cc8c67)cccc5c34)n2)=CCC1. The molecule has 0 amide bonds. The van der Waals surface area contributed by atoms with Crippen LogP contribution in [0, 0.1) is 0 Å². The maximum absolute atomic E-state index is 6.79. The number of rotatable bonds is 4. The van der Waals surface area contributed by atoms with E-state index in [0.717, 1.165) is 95.3 Å². The van der Waals surface area contributed by atoms with Gasteiger partial charge in [-0.25, -0.2) is 15.0 Å². The number of allylic oxidation sites excluding steroid dienone is 4. The van der Waals surface area contributed by atoms with E-state index in [1.165, 1.54) is 10.8 Å². The number of benzene rings is 7. The molecule has 3 heterocycles. The van der Waals surface area contributed by atoms with E-state index in [2.05, 4.69) is 133 Å². The van der Waals surface area contributed by atoms with E-state index in [9.17, 15) is 0 Å². The van der Waals surface area contributed by atoms with Crippen LogP contribution in [0.3, 0.4) is 0 Å². The van der Waals surface area contributed by atoms with Crippen molar-refractivity contribution in [3.8, 4) is 33.9 Å². The third-order valence-electron chi connectivity index (χ3n) is 10.3. The quantitative estimate of drug-likeness (QED) is 0.187. The van der Waals surface area contributed by atoms with Crippen LogP contribution in [0.2, 0.25) is 0 Å². The molecule has 0 spiro atoms. The molecule has 0 N–H and O–H groups in total. The number of fused-ring (bicyclic) bond motifs is 8. The van der Waals surface area contributed by atoms with E-state index < -0.39 is 0 Å². The molecule has 1 aliphatic carbocycles. The van der Waals surface area contributed by atoms with Crippen LogP contribution in [0.15, 0.2) is 161 Å². The van der Waals surface area contributed by atoms with Crippen molar-refractivity contribution in [1.29, 1.82) is 0 Å². The van der Waals surface area contributed by atoms with Gasteiger partial charge >= 0.3 is 0 Å². The maximum atomic E-state index is 6.79. The smallest absolute Gasteiger partial charge is 0.164 e. The van der Waals surface area contributed by atoms with Crippen molar-refractivity contribution in [2.45, 2.75) is 12.8 Å². The van der Waals surface area contributed by atoms with Crippen molar-refractivity contribution in [1.82, 2.24) is 15.0 Å². The Morgan fingerprint density at radius 1 is 0.442 bits per heavy atom. The number of hydrogen-bond donors (Lipinski definition) is 0. The summed E-state index contributed by atoms with van der Waals surface area (Å²) in [6.45, 7) is 0. The number of para-hydroxylation sites is 1. The van der Waals surface area contributed by atoms with E-state index in [0.29, 0.717) is 17.5 Å². The zero-order valence-electron chi connectivity index (χ0n) is 28.0. The van der Waals surface area contributed by atoms with Crippen molar-refractivity contribution in [3.05, 3.63) is 158 Å². The first kappa shape index (κ1) is 28.9. The molecule has 0 unspecified atom stereocenters. The molecule has 0 bridgehead atoms. The molecule has 10 aromatic rings. The van der Waals surface area contributed by atoms with Gasteiger partial charge in [0.2, 0.25) is 0 Å². The fourth-order valence-corrected chi connectivity index (χ4v) is 7.84. The molecule has 0 radical (unpaired) electrons. The topological polar surface area (TPSA) is 65.0 Å². The molecule has 3 aromatic heterocycles. The number of hydrogen-bond acceptors (Lipinski definition) is 5. The first-order valence-corrected chi connectivity index (χ1v) is 17.7. The van der Waals surface area contributed by atoms with E-state index in [1.54, 1.807) is 0 Å². The maximum Gasteiger partial charge on any atom is 0.164 e. The summed E-state index contributed by atoms with van der Waals surface area (Å²) < 4.78 is 13.2. The van der Waals surface area contributed by atoms with Gasteiger partial charge in [0.05, 0.1) is 0 Å². The second-order valence-corrected chi connectivity index (χ2v) is 13.4. The van der Waals surface area contributed by atoms with Crippen LogP contribution in [0.25, 0.3) is 105 Å². The van der Waals surface area contributed by atoms with Crippen molar-refractivity contribution in [2.75, 3.05) is 0 Å². The van der Waals surface area contributed by atoms with E-state index in [-0.39, 0.29) is 0 Å². The van der Waals surface area contributed by atoms with Gasteiger partial charge in [-0.2, -0.15) is 0 Å². The molecule has 0 aliphatic heterocycles. The summed E-state index contributed by atoms with van der Waals surface area (Å²) >= 11 is 0. The summed E-state index contributed by atoms with van der Waals surface area (Å²) in [4.78, 5) is 15.3. The Bertz CT molecular complexity index is 3140. The third kappa shape index (κ3) is 4.53. The van der Waals surface area contributed by atoms with Crippen LogP contribution in [-0.2, 0) is 0 Å².